The molecular weight excluding hydrogens is 254 g/mol. The summed E-state index contributed by atoms with van der Waals surface area (Å²) in [5.74, 6) is 1.75. The topological polar surface area (TPSA) is 51.4 Å². The molecule has 0 fully saturated rings. The Morgan fingerprint density at radius 2 is 2.20 bits per heavy atom. The van der Waals surface area contributed by atoms with Gasteiger partial charge in [0.05, 0.1) is 25.1 Å². The number of nitrogens with zero attached hydrogens (tertiary/aromatic N) is 3. The van der Waals surface area contributed by atoms with Gasteiger partial charge in [-0.3, -0.25) is 4.90 Å². The summed E-state index contributed by atoms with van der Waals surface area (Å²) in [6, 6.07) is 3.95. The molecule has 0 atom stereocenters. The fraction of sp³-hybridized carbons (Fsp3) is 0.467. The number of hydrogen-bond donors (Lipinski definition) is 0. The predicted molar refractivity (Wildman–Crippen MR) is 74.6 cm³/mol. The van der Waals surface area contributed by atoms with Gasteiger partial charge >= 0.3 is 0 Å². The molecule has 5 heteroatoms. The molecule has 1 aliphatic heterocycles. The lowest BCUT2D eigenvalue weighted by molar-refractivity contribution is 0.254. The first-order chi connectivity index (χ1) is 9.86. The van der Waals surface area contributed by atoms with Crippen LogP contribution in [0.25, 0.3) is 0 Å². The number of aromatic nitrogens is 2. The molecule has 5 nitrogen and oxygen atoms in total. The van der Waals surface area contributed by atoms with Crippen LogP contribution in [0.1, 0.15) is 23.9 Å². The minimum absolute atomic E-state index is 0.638. The van der Waals surface area contributed by atoms with Crippen molar-refractivity contribution in [2.75, 3.05) is 19.7 Å². The van der Waals surface area contributed by atoms with E-state index in [2.05, 4.69) is 14.9 Å². The summed E-state index contributed by atoms with van der Waals surface area (Å²) in [4.78, 5) is 11.1. The van der Waals surface area contributed by atoms with E-state index in [1.807, 2.05) is 19.1 Å². The SMILES string of the molecule is CCOc1ncnc2c1CCN(Cc1ccco1)CC2. The van der Waals surface area contributed by atoms with Crippen LogP contribution in [0, 0.1) is 0 Å². The van der Waals surface area contributed by atoms with Crippen molar-refractivity contribution in [3.63, 3.8) is 0 Å². The van der Waals surface area contributed by atoms with E-state index in [1.54, 1.807) is 12.6 Å². The molecule has 3 heterocycles. The van der Waals surface area contributed by atoms with Crippen molar-refractivity contribution in [3.8, 4) is 5.88 Å². The molecule has 0 aromatic carbocycles. The third-order valence-corrected chi connectivity index (χ3v) is 3.58. The number of rotatable bonds is 4. The number of ether oxygens (including phenoxy) is 1. The minimum atomic E-state index is 0.638. The van der Waals surface area contributed by atoms with E-state index in [-0.39, 0.29) is 0 Å². The fourth-order valence-electron chi connectivity index (χ4n) is 2.58. The first-order valence-corrected chi connectivity index (χ1v) is 7.07. The van der Waals surface area contributed by atoms with Crippen molar-refractivity contribution in [3.05, 3.63) is 41.7 Å². The Hall–Kier alpha value is -1.88. The molecule has 2 aromatic heterocycles. The molecule has 20 heavy (non-hydrogen) atoms. The molecule has 1 aliphatic rings. The Bertz CT molecular complexity index is 554. The van der Waals surface area contributed by atoms with E-state index in [9.17, 15) is 0 Å². The van der Waals surface area contributed by atoms with Gasteiger partial charge in [-0.15, -0.1) is 0 Å². The second-order valence-corrected chi connectivity index (χ2v) is 4.89. The van der Waals surface area contributed by atoms with Gasteiger partial charge in [0.1, 0.15) is 12.1 Å². The van der Waals surface area contributed by atoms with Crippen molar-refractivity contribution in [2.45, 2.75) is 26.3 Å². The van der Waals surface area contributed by atoms with Crippen molar-refractivity contribution in [1.29, 1.82) is 0 Å². The zero-order valence-electron chi connectivity index (χ0n) is 11.7. The third kappa shape index (κ3) is 2.82. The van der Waals surface area contributed by atoms with Crippen LogP contribution in [-0.2, 0) is 19.4 Å². The molecule has 0 saturated carbocycles. The first-order valence-electron chi connectivity index (χ1n) is 7.07. The predicted octanol–water partition coefficient (Wildman–Crippen LogP) is 2.07. The van der Waals surface area contributed by atoms with E-state index in [0.717, 1.165) is 55.4 Å². The standard InChI is InChI=1S/C15H19N3O2/c1-2-19-15-13-5-7-18(10-12-4-3-9-20-12)8-6-14(13)16-11-17-15/h3-4,9,11H,2,5-8,10H2,1H3. The molecule has 0 radical (unpaired) electrons. The van der Waals surface area contributed by atoms with E-state index in [1.165, 1.54) is 0 Å². The Labute approximate surface area is 118 Å². The lowest BCUT2D eigenvalue weighted by Crippen LogP contribution is -2.25. The van der Waals surface area contributed by atoms with E-state index in [0.29, 0.717) is 6.61 Å². The zero-order chi connectivity index (χ0) is 13.8. The quantitative estimate of drug-likeness (QED) is 0.853. The molecule has 0 saturated heterocycles. The van der Waals surface area contributed by atoms with Crippen molar-refractivity contribution in [2.24, 2.45) is 0 Å². The van der Waals surface area contributed by atoms with Crippen LogP contribution < -0.4 is 4.74 Å². The van der Waals surface area contributed by atoms with Crippen molar-refractivity contribution < 1.29 is 9.15 Å². The molecule has 0 amide bonds. The summed E-state index contributed by atoms with van der Waals surface area (Å²) in [5, 5.41) is 0. The largest absolute Gasteiger partial charge is 0.478 e. The average molecular weight is 273 g/mol. The van der Waals surface area contributed by atoms with Crippen molar-refractivity contribution >= 4 is 0 Å². The van der Waals surface area contributed by atoms with Crippen LogP contribution >= 0.6 is 0 Å². The maximum Gasteiger partial charge on any atom is 0.219 e. The molecule has 0 spiro atoms. The molecule has 3 rings (SSSR count). The lowest BCUT2D eigenvalue weighted by atomic mass is 10.1. The minimum Gasteiger partial charge on any atom is -0.478 e. The third-order valence-electron chi connectivity index (χ3n) is 3.58. The van der Waals surface area contributed by atoms with Crippen LogP contribution in [0.4, 0.5) is 0 Å². The molecule has 0 unspecified atom stereocenters. The maximum atomic E-state index is 5.61. The van der Waals surface area contributed by atoms with E-state index >= 15 is 0 Å². The second-order valence-electron chi connectivity index (χ2n) is 4.89. The fourth-order valence-corrected chi connectivity index (χ4v) is 2.58. The summed E-state index contributed by atoms with van der Waals surface area (Å²) in [7, 11) is 0. The van der Waals surface area contributed by atoms with Gasteiger partial charge in [-0.05, 0) is 25.5 Å². The Morgan fingerprint density at radius 1 is 1.30 bits per heavy atom. The van der Waals surface area contributed by atoms with E-state index < -0.39 is 0 Å². The normalized spacial score (nSPS) is 15.7. The van der Waals surface area contributed by atoms with Gasteiger partial charge in [-0.1, -0.05) is 0 Å². The highest BCUT2D eigenvalue weighted by molar-refractivity contribution is 5.31. The Kier molecular flexibility index (Phi) is 3.97. The molecule has 0 bridgehead atoms. The van der Waals surface area contributed by atoms with Gasteiger partial charge in [-0.2, -0.15) is 0 Å². The summed E-state index contributed by atoms with van der Waals surface area (Å²) in [6.45, 7) is 5.42. The Balaban J connectivity index is 1.73. The van der Waals surface area contributed by atoms with Crippen LogP contribution in [-0.4, -0.2) is 34.6 Å². The van der Waals surface area contributed by atoms with E-state index in [4.69, 9.17) is 9.15 Å². The molecule has 2 aromatic rings. The lowest BCUT2D eigenvalue weighted by Gasteiger charge is -2.17. The highest BCUT2D eigenvalue weighted by Gasteiger charge is 2.19. The monoisotopic (exact) mass is 273 g/mol. The average Bonchev–Trinajstić information content (AvgIpc) is 2.87. The van der Waals surface area contributed by atoms with Gasteiger partial charge in [-0.25, -0.2) is 9.97 Å². The summed E-state index contributed by atoms with van der Waals surface area (Å²) >= 11 is 0. The maximum absolute atomic E-state index is 5.61. The van der Waals surface area contributed by atoms with Gasteiger partial charge < -0.3 is 9.15 Å². The smallest absolute Gasteiger partial charge is 0.219 e. The van der Waals surface area contributed by atoms with Gasteiger partial charge in [0, 0.05) is 25.1 Å². The summed E-state index contributed by atoms with van der Waals surface area (Å²) in [5.41, 5.74) is 2.28. The molecule has 0 N–H and O–H groups in total. The Morgan fingerprint density at radius 3 is 3.00 bits per heavy atom. The zero-order valence-corrected chi connectivity index (χ0v) is 11.7. The van der Waals surface area contributed by atoms with Crippen molar-refractivity contribution in [1.82, 2.24) is 14.9 Å². The highest BCUT2D eigenvalue weighted by Crippen LogP contribution is 2.22. The van der Waals surface area contributed by atoms with Crippen LogP contribution in [0.15, 0.2) is 29.1 Å². The molecule has 106 valence electrons. The number of fused-ring (bicyclic) bond motifs is 1. The highest BCUT2D eigenvalue weighted by atomic mass is 16.5. The van der Waals surface area contributed by atoms with Gasteiger partial charge in [0.25, 0.3) is 0 Å². The van der Waals surface area contributed by atoms with Gasteiger partial charge in [0.2, 0.25) is 5.88 Å². The summed E-state index contributed by atoms with van der Waals surface area (Å²) in [6.07, 6.45) is 5.18. The van der Waals surface area contributed by atoms with Crippen LogP contribution in [0.3, 0.4) is 0 Å². The number of furan rings is 1. The summed E-state index contributed by atoms with van der Waals surface area (Å²) < 4.78 is 11.0. The van der Waals surface area contributed by atoms with Crippen LogP contribution in [0.5, 0.6) is 5.88 Å². The van der Waals surface area contributed by atoms with Crippen LogP contribution in [0.2, 0.25) is 0 Å². The van der Waals surface area contributed by atoms with Gasteiger partial charge in [0.15, 0.2) is 0 Å². The molecule has 0 aliphatic carbocycles. The molecular formula is C15H19N3O2. The first kappa shape index (κ1) is 13.1. The number of hydrogen-bond acceptors (Lipinski definition) is 5. The second kappa shape index (κ2) is 6.05.